The molecule has 0 radical (unpaired) electrons. The third-order valence-corrected chi connectivity index (χ3v) is 6.03. The highest BCUT2D eigenvalue weighted by molar-refractivity contribution is 6.07. The van der Waals surface area contributed by atoms with Crippen LogP contribution in [0.4, 0.5) is 0 Å². The highest BCUT2D eigenvalue weighted by atomic mass is 16.7. The van der Waals surface area contributed by atoms with Crippen LogP contribution < -0.4 is 20.2 Å². The molecule has 3 aromatic rings. The number of nitrogens with zero attached hydrogens (tertiary/aromatic N) is 1. The van der Waals surface area contributed by atoms with E-state index in [0.717, 1.165) is 46.6 Å². The fourth-order valence-electron chi connectivity index (χ4n) is 4.20. The molecule has 0 atom stereocenters. The van der Waals surface area contributed by atoms with E-state index in [1.807, 2.05) is 44.2 Å². The van der Waals surface area contributed by atoms with Gasteiger partial charge in [0.15, 0.2) is 17.3 Å². The van der Waals surface area contributed by atoms with E-state index >= 15 is 0 Å². The van der Waals surface area contributed by atoms with E-state index in [2.05, 4.69) is 15.8 Å². The maximum absolute atomic E-state index is 12.9. The Morgan fingerprint density at radius 3 is 2.59 bits per heavy atom. The average molecular weight is 460 g/mol. The zero-order valence-corrected chi connectivity index (χ0v) is 19.1. The average Bonchev–Trinajstić information content (AvgIpc) is 3.45. The normalized spacial score (nSPS) is 15.2. The number of amides is 2. The Kier molecular flexibility index (Phi) is 5.79. The summed E-state index contributed by atoms with van der Waals surface area (Å²) < 4.78 is 16.7. The molecule has 0 fully saturated rings. The van der Waals surface area contributed by atoms with Crippen molar-refractivity contribution in [3.05, 3.63) is 81.8 Å². The maximum Gasteiger partial charge on any atom is 0.287 e. The van der Waals surface area contributed by atoms with Crippen molar-refractivity contribution in [3.8, 4) is 11.5 Å². The maximum atomic E-state index is 12.9. The number of carbonyl (C=O) groups excluding carboxylic acids is 2. The van der Waals surface area contributed by atoms with E-state index < -0.39 is 0 Å². The number of hydrazone groups is 1. The number of aryl methyl sites for hydroxylation is 2. The second-order valence-electron chi connectivity index (χ2n) is 8.44. The number of fused-ring (bicyclic) bond motifs is 2. The minimum Gasteiger partial charge on any atom is -0.455 e. The standard InChI is InChI=1S/C26H25N3O5/c1-15-6-9-18(10-7-15)25(30)29-28-19-4-3-5-21-23(19)16(2)24(34-21)26(31)27-13-17-8-11-20-22(12-17)33-14-32-20/h6-12H,3-5,13-14H2,1-2H3,(H,27,31)(H,29,30)/b28-19+. The Morgan fingerprint density at radius 1 is 0.971 bits per heavy atom. The van der Waals surface area contributed by atoms with Gasteiger partial charge in [-0.3, -0.25) is 9.59 Å². The lowest BCUT2D eigenvalue weighted by molar-refractivity contribution is 0.0919. The molecule has 2 amide bonds. The van der Waals surface area contributed by atoms with Crippen LogP contribution in [-0.2, 0) is 13.0 Å². The zero-order valence-electron chi connectivity index (χ0n) is 19.1. The Morgan fingerprint density at radius 2 is 1.76 bits per heavy atom. The number of furan rings is 1. The van der Waals surface area contributed by atoms with Crippen LogP contribution in [0, 0.1) is 13.8 Å². The number of nitrogens with one attached hydrogen (secondary N) is 2. The summed E-state index contributed by atoms with van der Waals surface area (Å²) in [7, 11) is 0. The summed E-state index contributed by atoms with van der Waals surface area (Å²) in [5.74, 6) is 1.79. The van der Waals surface area contributed by atoms with Crippen LogP contribution in [0.5, 0.6) is 11.5 Å². The first kappa shape index (κ1) is 21.8. The quantitative estimate of drug-likeness (QED) is 0.561. The molecule has 2 aromatic carbocycles. The summed E-state index contributed by atoms with van der Waals surface area (Å²) in [6.45, 7) is 4.35. The van der Waals surface area contributed by atoms with Crippen LogP contribution in [0.25, 0.3) is 0 Å². The number of benzene rings is 2. The van der Waals surface area contributed by atoms with Gasteiger partial charge in [0.25, 0.3) is 11.8 Å². The molecule has 5 rings (SSSR count). The predicted octanol–water partition coefficient (Wildman–Crippen LogP) is 4.03. The van der Waals surface area contributed by atoms with E-state index in [9.17, 15) is 9.59 Å². The van der Waals surface area contributed by atoms with Gasteiger partial charge in [0.2, 0.25) is 6.79 Å². The highest BCUT2D eigenvalue weighted by Gasteiger charge is 2.28. The first-order chi connectivity index (χ1) is 16.5. The lowest BCUT2D eigenvalue weighted by atomic mass is 9.93. The molecule has 34 heavy (non-hydrogen) atoms. The molecule has 8 nitrogen and oxygen atoms in total. The van der Waals surface area contributed by atoms with Gasteiger partial charge in [0.1, 0.15) is 5.76 Å². The van der Waals surface area contributed by atoms with Crippen molar-refractivity contribution in [2.45, 2.75) is 39.7 Å². The van der Waals surface area contributed by atoms with Crippen LogP contribution in [0.2, 0.25) is 0 Å². The summed E-state index contributed by atoms with van der Waals surface area (Å²) in [6, 6.07) is 12.9. The SMILES string of the molecule is Cc1ccc(C(=O)N/N=C2\CCCc3oc(C(=O)NCc4ccc5c(c4)OCO5)c(C)c32)cc1. The fourth-order valence-corrected chi connectivity index (χ4v) is 4.20. The molecular weight excluding hydrogens is 434 g/mol. The summed E-state index contributed by atoms with van der Waals surface area (Å²) in [5.41, 5.74) is 7.42. The molecule has 1 aromatic heterocycles. The van der Waals surface area contributed by atoms with Crippen LogP contribution >= 0.6 is 0 Å². The van der Waals surface area contributed by atoms with Gasteiger partial charge >= 0.3 is 0 Å². The van der Waals surface area contributed by atoms with Crippen LogP contribution in [0.3, 0.4) is 0 Å². The third-order valence-electron chi connectivity index (χ3n) is 6.03. The van der Waals surface area contributed by atoms with Crippen LogP contribution in [-0.4, -0.2) is 24.3 Å². The molecule has 2 heterocycles. The van der Waals surface area contributed by atoms with Gasteiger partial charge in [-0.2, -0.15) is 5.10 Å². The van der Waals surface area contributed by atoms with E-state index in [0.29, 0.717) is 30.0 Å². The van der Waals surface area contributed by atoms with Gasteiger partial charge in [0.05, 0.1) is 5.71 Å². The molecule has 1 aliphatic heterocycles. The smallest absolute Gasteiger partial charge is 0.287 e. The lowest BCUT2D eigenvalue weighted by Crippen LogP contribution is -2.23. The molecule has 0 bridgehead atoms. The van der Waals surface area contributed by atoms with Crippen molar-refractivity contribution in [2.75, 3.05) is 6.79 Å². The molecule has 2 N–H and O–H groups in total. The molecule has 0 spiro atoms. The van der Waals surface area contributed by atoms with Gasteiger partial charge in [-0.05, 0) is 56.5 Å². The fraction of sp³-hybridized carbons (Fsp3) is 0.269. The molecule has 0 saturated heterocycles. The van der Waals surface area contributed by atoms with Crippen molar-refractivity contribution in [1.29, 1.82) is 0 Å². The van der Waals surface area contributed by atoms with Crippen molar-refractivity contribution in [1.82, 2.24) is 10.7 Å². The summed E-state index contributed by atoms with van der Waals surface area (Å²) in [4.78, 5) is 25.4. The van der Waals surface area contributed by atoms with E-state index in [1.54, 1.807) is 12.1 Å². The van der Waals surface area contributed by atoms with Gasteiger partial charge in [0, 0.05) is 29.7 Å². The Balaban J connectivity index is 1.30. The Hall–Kier alpha value is -4.07. The monoisotopic (exact) mass is 459 g/mol. The molecule has 0 unspecified atom stereocenters. The minimum absolute atomic E-state index is 0.206. The second kappa shape index (κ2) is 9.05. The van der Waals surface area contributed by atoms with Crippen LogP contribution in [0.15, 0.2) is 52.0 Å². The van der Waals surface area contributed by atoms with E-state index in [-0.39, 0.29) is 24.4 Å². The molecule has 1 aliphatic carbocycles. The predicted molar refractivity (Wildman–Crippen MR) is 125 cm³/mol. The largest absolute Gasteiger partial charge is 0.455 e. The molecule has 174 valence electrons. The van der Waals surface area contributed by atoms with Gasteiger partial charge in [-0.1, -0.05) is 23.8 Å². The minimum atomic E-state index is -0.299. The Bertz CT molecular complexity index is 1290. The number of rotatable bonds is 5. The molecule has 2 aliphatic rings. The van der Waals surface area contributed by atoms with E-state index in [4.69, 9.17) is 13.9 Å². The second-order valence-corrected chi connectivity index (χ2v) is 8.44. The van der Waals surface area contributed by atoms with Crippen molar-refractivity contribution >= 4 is 17.5 Å². The Labute approximate surface area is 196 Å². The highest BCUT2D eigenvalue weighted by Crippen LogP contribution is 2.33. The zero-order chi connectivity index (χ0) is 23.7. The molecule has 8 heteroatoms. The van der Waals surface area contributed by atoms with Gasteiger partial charge in [-0.15, -0.1) is 0 Å². The molecular formula is C26H25N3O5. The first-order valence-electron chi connectivity index (χ1n) is 11.2. The number of ether oxygens (including phenoxy) is 2. The number of carbonyl (C=O) groups is 2. The summed E-state index contributed by atoms with van der Waals surface area (Å²) >= 11 is 0. The lowest BCUT2D eigenvalue weighted by Gasteiger charge is -2.13. The summed E-state index contributed by atoms with van der Waals surface area (Å²) in [5, 5.41) is 7.29. The number of hydrogen-bond acceptors (Lipinski definition) is 6. The van der Waals surface area contributed by atoms with Crippen molar-refractivity contribution in [2.24, 2.45) is 5.10 Å². The molecule has 0 saturated carbocycles. The van der Waals surface area contributed by atoms with Gasteiger partial charge in [-0.25, -0.2) is 5.43 Å². The number of hydrogen-bond donors (Lipinski definition) is 2. The van der Waals surface area contributed by atoms with Crippen LogP contribution in [0.1, 0.15) is 61.8 Å². The first-order valence-corrected chi connectivity index (χ1v) is 11.2. The third kappa shape index (κ3) is 4.26. The summed E-state index contributed by atoms with van der Waals surface area (Å²) in [6.07, 6.45) is 2.24. The van der Waals surface area contributed by atoms with E-state index in [1.165, 1.54) is 0 Å². The van der Waals surface area contributed by atoms with Crippen molar-refractivity contribution in [3.63, 3.8) is 0 Å². The van der Waals surface area contributed by atoms with Gasteiger partial charge < -0.3 is 19.2 Å². The van der Waals surface area contributed by atoms with Crippen molar-refractivity contribution < 1.29 is 23.5 Å². The topological polar surface area (TPSA) is 102 Å².